The molecule has 0 saturated heterocycles. The SMILES string of the molecule is C.Cc1cc(F)c(C(=O)Nc2cccc3c2OC[C@@H](CF)n2cnnc2-3)cc1-n1cnc(C2CC2)c1. The zero-order chi connectivity index (χ0) is 24.1. The Morgan fingerprint density at radius 3 is 2.86 bits per heavy atom. The van der Waals surface area contributed by atoms with Crippen molar-refractivity contribution in [3.05, 3.63) is 71.8 Å². The molecule has 0 unspecified atom stereocenters. The highest BCUT2D eigenvalue weighted by atomic mass is 19.1. The summed E-state index contributed by atoms with van der Waals surface area (Å²) in [7, 11) is 0. The highest BCUT2D eigenvalue weighted by Gasteiger charge is 2.28. The summed E-state index contributed by atoms with van der Waals surface area (Å²) < 4.78 is 37.8. The van der Waals surface area contributed by atoms with Crippen molar-refractivity contribution in [1.82, 2.24) is 24.3 Å². The minimum atomic E-state index is -0.658. The molecule has 1 fully saturated rings. The van der Waals surface area contributed by atoms with Gasteiger partial charge >= 0.3 is 0 Å². The molecule has 2 aliphatic rings. The Bertz CT molecular complexity index is 1440. The number of carbonyl (C=O) groups excluding carboxylic acids is 1. The van der Waals surface area contributed by atoms with Crippen LogP contribution in [0, 0.1) is 12.7 Å². The van der Waals surface area contributed by atoms with E-state index in [0.717, 1.165) is 18.5 Å². The fraction of sp³-hybridized carbons (Fsp3) is 0.308. The van der Waals surface area contributed by atoms with Crippen molar-refractivity contribution in [3.8, 4) is 22.8 Å². The van der Waals surface area contributed by atoms with E-state index in [1.807, 2.05) is 10.8 Å². The number of hydrogen-bond acceptors (Lipinski definition) is 5. The summed E-state index contributed by atoms with van der Waals surface area (Å²) >= 11 is 0. The van der Waals surface area contributed by atoms with Crippen LogP contribution >= 0.6 is 0 Å². The standard InChI is InChI=1S/C25H22F2N6O2.CH4/c1-14-7-19(27)18(8-22(14)32-10-21(28-12-32)15-5-6-15)25(34)30-20-4-2-3-17-23(20)35-11-16(9-26)33-13-29-31-24(17)33;/h2-4,7-8,10,12-13,15-16H,5-6,9,11H2,1H3,(H,30,34);1H4/t16-;/m1./s1. The fourth-order valence-corrected chi connectivity index (χ4v) is 4.41. The average Bonchev–Trinajstić information content (AvgIpc) is 3.43. The maximum atomic E-state index is 14.9. The summed E-state index contributed by atoms with van der Waals surface area (Å²) in [6.45, 7) is 1.17. The van der Waals surface area contributed by atoms with Crippen LogP contribution in [0.3, 0.4) is 0 Å². The van der Waals surface area contributed by atoms with E-state index in [0.29, 0.717) is 40.0 Å². The van der Waals surface area contributed by atoms with Gasteiger partial charge in [0.2, 0.25) is 0 Å². The van der Waals surface area contributed by atoms with E-state index in [1.165, 1.54) is 18.5 Å². The number of rotatable bonds is 5. The fourth-order valence-electron chi connectivity index (χ4n) is 4.41. The smallest absolute Gasteiger partial charge is 0.258 e. The van der Waals surface area contributed by atoms with E-state index in [-0.39, 0.29) is 19.6 Å². The first-order valence-corrected chi connectivity index (χ1v) is 11.4. The molecular weight excluding hydrogens is 466 g/mol. The molecule has 1 atom stereocenters. The van der Waals surface area contributed by atoms with Gasteiger partial charge in [-0.2, -0.15) is 0 Å². The molecule has 1 N–H and O–H groups in total. The van der Waals surface area contributed by atoms with Crippen molar-refractivity contribution in [2.45, 2.75) is 39.2 Å². The molecule has 0 bridgehead atoms. The predicted octanol–water partition coefficient (Wildman–Crippen LogP) is 5.25. The molecule has 2 aromatic carbocycles. The van der Waals surface area contributed by atoms with Crippen LogP contribution in [-0.2, 0) is 0 Å². The number of aromatic nitrogens is 5. The minimum Gasteiger partial charge on any atom is -0.488 e. The normalized spacial score (nSPS) is 16.2. The van der Waals surface area contributed by atoms with Gasteiger partial charge in [0, 0.05) is 12.1 Å². The van der Waals surface area contributed by atoms with Gasteiger partial charge in [-0.15, -0.1) is 10.2 Å². The van der Waals surface area contributed by atoms with Gasteiger partial charge in [0.15, 0.2) is 11.6 Å². The van der Waals surface area contributed by atoms with Crippen LogP contribution in [0.5, 0.6) is 5.75 Å². The number of hydrogen-bond donors (Lipinski definition) is 1. The van der Waals surface area contributed by atoms with Gasteiger partial charge in [0.05, 0.1) is 40.6 Å². The van der Waals surface area contributed by atoms with Crippen LogP contribution in [0.4, 0.5) is 14.5 Å². The van der Waals surface area contributed by atoms with Crippen LogP contribution in [0.2, 0.25) is 0 Å². The van der Waals surface area contributed by atoms with E-state index >= 15 is 0 Å². The molecule has 4 aromatic rings. The lowest BCUT2D eigenvalue weighted by Gasteiger charge is -2.15. The number of fused-ring (bicyclic) bond motifs is 3. The number of benzene rings is 2. The number of carbonyl (C=O) groups is 1. The van der Waals surface area contributed by atoms with Gasteiger partial charge in [-0.3, -0.25) is 4.79 Å². The summed E-state index contributed by atoms with van der Waals surface area (Å²) in [6, 6.07) is 7.40. The van der Waals surface area contributed by atoms with Gasteiger partial charge in [-0.25, -0.2) is 13.8 Å². The maximum Gasteiger partial charge on any atom is 0.258 e. The lowest BCUT2D eigenvalue weighted by Crippen LogP contribution is -2.18. The number of anilines is 1. The molecule has 1 amide bonds. The van der Waals surface area contributed by atoms with Gasteiger partial charge in [-0.05, 0) is 49.6 Å². The van der Waals surface area contributed by atoms with Crippen LogP contribution in [0.15, 0.2) is 49.2 Å². The van der Waals surface area contributed by atoms with E-state index in [1.54, 1.807) is 36.0 Å². The number of alkyl halides is 1. The third-order valence-electron chi connectivity index (χ3n) is 6.48. The highest BCUT2D eigenvalue weighted by molar-refractivity contribution is 6.06. The zero-order valence-electron chi connectivity index (χ0n) is 18.9. The molecule has 36 heavy (non-hydrogen) atoms. The second-order valence-corrected chi connectivity index (χ2v) is 8.92. The Balaban J connectivity index is 0.00000267. The van der Waals surface area contributed by atoms with Gasteiger partial charge in [0.25, 0.3) is 5.91 Å². The van der Waals surface area contributed by atoms with Crippen molar-refractivity contribution >= 4 is 11.6 Å². The van der Waals surface area contributed by atoms with E-state index in [2.05, 4.69) is 20.5 Å². The number of nitrogens with zero attached hydrogens (tertiary/aromatic N) is 5. The first-order valence-electron chi connectivity index (χ1n) is 11.4. The summed E-state index contributed by atoms with van der Waals surface area (Å²) in [5.74, 6) is -0.00694. The molecule has 3 heterocycles. The molecule has 8 nitrogen and oxygen atoms in total. The number of amides is 1. The predicted molar refractivity (Wildman–Crippen MR) is 131 cm³/mol. The van der Waals surface area contributed by atoms with Crippen molar-refractivity contribution in [2.24, 2.45) is 0 Å². The minimum absolute atomic E-state index is 0. The van der Waals surface area contributed by atoms with Crippen LogP contribution in [0.25, 0.3) is 17.1 Å². The molecule has 1 aliphatic heterocycles. The zero-order valence-corrected chi connectivity index (χ0v) is 18.9. The summed E-state index contributed by atoms with van der Waals surface area (Å²) in [5, 5.41) is 10.8. The monoisotopic (exact) mass is 492 g/mol. The van der Waals surface area contributed by atoms with E-state index in [4.69, 9.17) is 4.74 Å². The molecule has 186 valence electrons. The number of aryl methyl sites for hydroxylation is 1. The Morgan fingerprint density at radius 1 is 1.25 bits per heavy atom. The summed E-state index contributed by atoms with van der Waals surface area (Å²) in [6.07, 6.45) is 7.33. The average molecular weight is 493 g/mol. The molecule has 0 spiro atoms. The van der Waals surface area contributed by atoms with Crippen molar-refractivity contribution in [3.63, 3.8) is 0 Å². The molecule has 6 rings (SSSR count). The Hall–Kier alpha value is -4.08. The number of nitrogens with one attached hydrogen (secondary N) is 1. The number of imidazole rings is 1. The Labute approximate surface area is 207 Å². The number of ether oxygens (including phenoxy) is 1. The molecular formula is C26H26F2N6O2. The van der Waals surface area contributed by atoms with Gasteiger partial charge in [-0.1, -0.05) is 13.5 Å². The molecule has 10 heteroatoms. The van der Waals surface area contributed by atoms with Gasteiger partial charge < -0.3 is 19.2 Å². The topological polar surface area (TPSA) is 86.9 Å². The Morgan fingerprint density at radius 2 is 2.08 bits per heavy atom. The van der Waals surface area contributed by atoms with Crippen molar-refractivity contribution in [2.75, 3.05) is 18.6 Å². The van der Waals surface area contributed by atoms with Crippen molar-refractivity contribution in [1.29, 1.82) is 0 Å². The number of para-hydroxylation sites is 1. The third kappa shape index (κ3) is 4.02. The summed E-state index contributed by atoms with van der Waals surface area (Å²) in [5.41, 5.74) is 3.16. The summed E-state index contributed by atoms with van der Waals surface area (Å²) in [4.78, 5) is 17.7. The second kappa shape index (κ2) is 9.18. The first-order chi connectivity index (χ1) is 17.0. The highest BCUT2D eigenvalue weighted by Crippen LogP contribution is 2.40. The van der Waals surface area contributed by atoms with Crippen LogP contribution in [0.1, 0.15) is 53.8 Å². The largest absolute Gasteiger partial charge is 0.488 e. The van der Waals surface area contributed by atoms with E-state index in [9.17, 15) is 13.6 Å². The van der Waals surface area contributed by atoms with Crippen LogP contribution < -0.4 is 10.1 Å². The lowest BCUT2D eigenvalue weighted by atomic mass is 10.1. The van der Waals surface area contributed by atoms with Crippen LogP contribution in [-0.4, -0.2) is 43.5 Å². The van der Waals surface area contributed by atoms with Crippen molar-refractivity contribution < 1.29 is 18.3 Å². The number of halogens is 2. The third-order valence-corrected chi connectivity index (χ3v) is 6.48. The molecule has 2 aromatic heterocycles. The molecule has 1 saturated carbocycles. The Kier molecular flexibility index (Phi) is 6.03. The molecule has 1 aliphatic carbocycles. The second-order valence-electron chi connectivity index (χ2n) is 8.92. The quantitative estimate of drug-likeness (QED) is 0.411. The van der Waals surface area contributed by atoms with Gasteiger partial charge in [0.1, 0.15) is 25.4 Å². The maximum absolute atomic E-state index is 14.9. The molecule has 0 radical (unpaired) electrons. The van der Waals surface area contributed by atoms with E-state index < -0.39 is 24.4 Å². The lowest BCUT2D eigenvalue weighted by molar-refractivity contribution is 0.102. The first kappa shape index (κ1) is 23.7.